The van der Waals surface area contributed by atoms with E-state index in [1.807, 2.05) is 13.0 Å². The fourth-order valence-electron chi connectivity index (χ4n) is 2.80. The minimum absolute atomic E-state index is 0.101. The summed E-state index contributed by atoms with van der Waals surface area (Å²) in [6, 6.07) is 20.2. The molecule has 6 nitrogen and oxygen atoms in total. The lowest BCUT2D eigenvalue weighted by molar-refractivity contribution is -0.114. The van der Waals surface area contributed by atoms with E-state index in [0.29, 0.717) is 21.6 Å². The van der Waals surface area contributed by atoms with Crippen molar-refractivity contribution < 1.29 is 17.9 Å². The molecule has 0 saturated carbocycles. The van der Waals surface area contributed by atoms with Gasteiger partial charge in [-0.2, -0.15) is 0 Å². The van der Waals surface area contributed by atoms with Gasteiger partial charge in [0.1, 0.15) is 12.3 Å². The van der Waals surface area contributed by atoms with Gasteiger partial charge in [0.2, 0.25) is 5.91 Å². The summed E-state index contributed by atoms with van der Waals surface area (Å²) in [5.74, 6) is 0.0169. The summed E-state index contributed by atoms with van der Waals surface area (Å²) in [6.45, 7) is 1.48. The number of para-hydroxylation sites is 1. The second kappa shape index (κ2) is 9.32. The van der Waals surface area contributed by atoms with Crippen molar-refractivity contribution in [2.24, 2.45) is 0 Å². The second-order valence-electron chi connectivity index (χ2n) is 6.55. The predicted octanol–water partition coefficient (Wildman–Crippen LogP) is 4.60. The molecule has 3 aromatic rings. The Balaban J connectivity index is 1.98. The molecule has 0 radical (unpaired) electrons. The molecule has 1 amide bonds. The Hall–Kier alpha value is -2.84. The van der Waals surface area contributed by atoms with Crippen LogP contribution in [-0.2, 0) is 14.8 Å². The third-order valence-electron chi connectivity index (χ3n) is 4.39. The van der Waals surface area contributed by atoms with Crippen LogP contribution in [0.25, 0.3) is 0 Å². The van der Waals surface area contributed by atoms with Gasteiger partial charge < -0.3 is 10.1 Å². The Morgan fingerprint density at radius 3 is 2.40 bits per heavy atom. The number of aryl methyl sites for hydroxylation is 1. The number of halogens is 1. The molecule has 0 heterocycles. The van der Waals surface area contributed by atoms with Crippen LogP contribution in [0.3, 0.4) is 0 Å². The van der Waals surface area contributed by atoms with Gasteiger partial charge in [-0.3, -0.25) is 9.10 Å². The number of methoxy groups -OCH3 is 1. The number of benzene rings is 3. The standard InChI is InChI=1S/C22H21BrN2O4S/c1-16-10-12-19(13-11-16)30(27,28)25(17-6-5-7-18(14-17)29-2)15-22(26)24-21-9-4-3-8-20(21)23/h3-14H,15H2,1-2H3,(H,24,26). The summed E-state index contributed by atoms with van der Waals surface area (Å²) in [4.78, 5) is 12.9. The maximum Gasteiger partial charge on any atom is 0.264 e. The van der Waals surface area contributed by atoms with Crippen molar-refractivity contribution in [1.82, 2.24) is 0 Å². The number of sulfonamides is 1. The highest BCUT2D eigenvalue weighted by Crippen LogP contribution is 2.28. The number of hydrogen-bond donors (Lipinski definition) is 1. The molecule has 0 spiro atoms. The molecule has 0 aliphatic heterocycles. The molecule has 0 unspecified atom stereocenters. The van der Waals surface area contributed by atoms with Crippen LogP contribution >= 0.6 is 15.9 Å². The fraction of sp³-hybridized carbons (Fsp3) is 0.136. The first-order chi connectivity index (χ1) is 14.3. The molecule has 3 rings (SSSR count). The van der Waals surface area contributed by atoms with Crippen molar-refractivity contribution >= 4 is 43.2 Å². The summed E-state index contributed by atoms with van der Waals surface area (Å²) in [6.07, 6.45) is 0. The normalized spacial score (nSPS) is 11.0. The SMILES string of the molecule is COc1cccc(N(CC(=O)Nc2ccccc2Br)S(=O)(=O)c2ccc(C)cc2)c1. The number of carbonyl (C=O) groups is 1. The minimum atomic E-state index is -3.99. The average molecular weight is 489 g/mol. The molecule has 0 fully saturated rings. The summed E-state index contributed by atoms with van der Waals surface area (Å²) in [5.41, 5.74) is 1.83. The Labute approximate surface area is 184 Å². The number of hydrogen-bond acceptors (Lipinski definition) is 4. The molecule has 0 aliphatic carbocycles. The lowest BCUT2D eigenvalue weighted by Gasteiger charge is -2.24. The Morgan fingerprint density at radius 2 is 1.73 bits per heavy atom. The van der Waals surface area contributed by atoms with Crippen LogP contribution in [-0.4, -0.2) is 28.0 Å². The van der Waals surface area contributed by atoms with Gasteiger partial charge >= 0.3 is 0 Å². The van der Waals surface area contributed by atoms with E-state index in [1.54, 1.807) is 54.6 Å². The summed E-state index contributed by atoms with van der Waals surface area (Å²) >= 11 is 3.37. The quantitative estimate of drug-likeness (QED) is 0.527. The number of rotatable bonds is 7. The highest BCUT2D eigenvalue weighted by molar-refractivity contribution is 9.10. The maximum atomic E-state index is 13.4. The molecular weight excluding hydrogens is 468 g/mol. The molecular formula is C22H21BrN2O4S. The lowest BCUT2D eigenvalue weighted by Crippen LogP contribution is -2.38. The fourth-order valence-corrected chi connectivity index (χ4v) is 4.60. The van der Waals surface area contributed by atoms with Crippen LogP contribution in [0.5, 0.6) is 5.75 Å². The first-order valence-electron chi connectivity index (χ1n) is 9.09. The Kier molecular flexibility index (Phi) is 6.79. The molecule has 0 atom stereocenters. The number of anilines is 2. The summed E-state index contributed by atoms with van der Waals surface area (Å²) in [5, 5.41) is 2.75. The molecule has 0 aliphatic rings. The topological polar surface area (TPSA) is 75.7 Å². The number of amides is 1. The zero-order chi connectivity index (χ0) is 21.7. The highest BCUT2D eigenvalue weighted by atomic mass is 79.9. The van der Waals surface area contributed by atoms with Gasteiger partial charge in [-0.1, -0.05) is 35.9 Å². The number of carbonyl (C=O) groups excluding carboxylic acids is 1. The molecule has 8 heteroatoms. The van der Waals surface area contributed by atoms with Gasteiger partial charge in [0.25, 0.3) is 10.0 Å². The summed E-state index contributed by atoms with van der Waals surface area (Å²) in [7, 11) is -2.49. The van der Waals surface area contributed by atoms with Crippen LogP contribution in [0.15, 0.2) is 82.2 Å². The third-order valence-corrected chi connectivity index (χ3v) is 6.87. The van der Waals surface area contributed by atoms with Crippen molar-refractivity contribution in [2.45, 2.75) is 11.8 Å². The van der Waals surface area contributed by atoms with Gasteiger partial charge in [0, 0.05) is 10.5 Å². The summed E-state index contributed by atoms with van der Waals surface area (Å²) < 4.78 is 33.8. The predicted molar refractivity (Wildman–Crippen MR) is 121 cm³/mol. The highest BCUT2D eigenvalue weighted by Gasteiger charge is 2.27. The molecule has 0 aromatic heterocycles. The molecule has 156 valence electrons. The Morgan fingerprint density at radius 1 is 1.03 bits per heavy atom. The van der Waals surface area contributed by atoms with Crippen LogP contribution < -0.4 is 14.4 Å². The molecule has 0 saturated heterocycles. The van der Waals surface area contributed by atoms with Crippen molar-refractivity contribution in [3.8, 4) is 5.75 Å². The van der Waals surface area contributed by atoms with Crippen LogP contribution in [0.2, 0.25) is 0 Å². The zero-order valence-corrected chi connectivity index (χ0v) is 18.9. The molecule has 3 aromatic carbocycles. The van der Waals surface area contributed by atoms with Crippen LogP contribution in [0.4, 0.5) is 11.4 Å². The molecule has 30 heavy (non-hydrogen) atoms. The Bertz CT molecular complexity index is 1150. The molecule has 1 N–H and O–H groups in total. The van der Waals surface area contributed by atoms with Crippen LogP contribution in [0.1, 0.15) is 5.56 Å². The van der Waals surface area contributed by atoms with Gasteiger partial charge in [-0.15, -0.1) is 0 Å². The van der Waals surface area contributed by atoms with E-state index in [-0.39, 0.29) is 4.90 Å². The van der Waals surface area contributed by atoms with E-state index in [4.69, 9.17) is 4.74 Å². The van der Waals surface area contributed by atoms with Gasteiger partial charge in [0.15, 0.2) is 0 Å². The largest absolute Gasteiger partial charge is 0.497 e. The van der Waals surface area contributed by atoms with E-state index in [9.17, 15) is 13.2 Å². The van der Waals surface area contributed by atoms with E-state index in [2.05, 4.69) is 21.2 Å². The molecule has 0 bridgehead atoms. The van der Waals surface area contributed by atoms with Crippen LogP contribution in [0, 0.1) is 6.92 Å². The van der Waals surface area contributed by atoms with Crippen molar-refractivity contribution in [3.63, 3.8) is 0 Å². The lowest BCUT2D eigenvalue weighted by atomic mass is 10.2. The van der Waals surface area contributed by atoms with Gasteiger partial charge in [0.05, 0.1) is 23.4 Å². The van der Waals surface area contributed by atoms with E-state index in [0.717, 1.165) is 9.87 Å². The second-order valence-corrected chi connectivity index (χ2v) is 9.27. The number of ether oxygens (including phenoxy) is 1. The van der Waals surface area contributed by atoms with Crippen molar-refractivity contribution in [2.75, 3.05) is 23.3 Å². The van der Waals surface area contributed by atoms with E-state index in [1.165, 1.54) is 19.2 Å². The van der Waals surface area contributed by atoms with E-state index >= 15 is 0 Å². The number of nitrogens with one attached hydrogen (secondary N) is 1. The zero-order valence-electron chi connectivity index (χ0n) is 16.5. The first-order valence-corrected chi connectivity index (χ1v) is 11.3. The maximum absolute atomic E-state index is 13.4. The first kappa shape index (κ1) is 21.9. The van der Waals surface area contributed by atoms with Crippen molar-refractivity contribution in [3.05, 3.63) is 82.8 Å². The minimum Gasteiger partial charge on any atom is -0.497 e. The monoisotopic (exact) mass is 488 g/mol. The van der Waals surface area contributed by atoms with Gasteiger partial charge in [-0.25, -0.2) is 8.42 Å². The average Bonchev–Trinajstić information content (AvgIpc) is 2.74. The third kappa shape index (κ3) is 5.01. The van der Waals surface area contributed by atoms with Crippen molar-refractivity contribution in [1.29, 1.82) is 0 Å². The smallest absolute Gasteiger partial charge is 0.264 e. The number of nitrogens with zero attached hydrogens (tertiary/aromatic N) is 1. The van der Waals surface area contributed by atoms with Gasteiger partial charge in [-0.05, 0) is 59.3 Å². The van der Waals surface area contributed by atoms with E-state index < -0.39 is 22.5 Å².